The van der Waals surface area contributed by atoms with Crippen LogP contribution in [0.2, 0.25) is 0 Å². The minimum absolute atomic E-state index is 0.156. The molecule has 1 heterocycles. The fraction of sp³-hybridized carbons (Fsp3) is 0.533. The average molecular weight is 262 g/mol. The van der Waals surface area contributed by atoms with Crippen LogP contribution >= 0.6 is 11.8 Å². The standard InChI is InChI=1S/C15H22N2S/c1-5-15(6-2)10-18-14(17-15)16-13-11(3)8-7-9-12(13)4/h7-9H,5-6,10H2,1-4H3,(H,16,17). The van der Waals surface area contributed by atoms with E-state index in [1.165, 1.54) is 16.8 Å². The minimum atomic E-state index is 0.156. The molecule has 2 nitrogen and oxygen atoms in total. The Labute approximate surface area is 114 Å². The molecule has 0 atom stereocenters. The molecule has 0 radical (unpaired) electrons. The Hall–Kier alpha value is -0.960. The van der Waals surface area contributed by atoms with Crippen molar-refractivity contribution in [2.75, 3.05) is 11.1 Å². The van der Waals surface area contributed by atoms with Crippen molar-refractivity contribution in [1.29, 1.82) is 0 Å². The van der Waals surface area contributed by atoms with Gasteiger partial charge in [-0.2, -0.15) is 0 Å². The number of hydrogen-bond donors (Lipinski definition) is 1. The summed E-state index contributed by atoms with van der Waals surface area (Å²) in [6, 6.07) is 6.38. The van der Waals surface area contributed by atoms with Crippen molar-refractivity contribution < 1.29 is 0 Å². The molecule has 2 rings (SSSR count). The smallest absolute Gasteiger partial charge is 0.161 e. The Balaban J connectivity index is 2.21. The Morgan fingerprint density at radius 3 is 2.33 bits per heavy atom. The van der Waals surface area contributed by atoms with E-state index in [4.69, 9.17) is 4.99 Å². The van der Waals surface area contributed by atoms with E-state index in [-0.39, 0.29) is 5.54 Å². The number of aryl methyl sites for hydroxylation is 2. The van der Waals surface area contributed by atoms with E-state index in [0.717, 1.165) is 23.8 Å². The predicted octanol–water partition coefficient (Wildman–Crippen LogP) is 4.38. The van der Waals surface area contributed by atoms with Crippen LogP contribution in [0.3, 0.4) is 0 Å². The summed E-state index contributed by atoms with van der Waals surface area (Å²) in [6.45, 7) is 8.75. The molecule has 18 heavy (non-hydrogen) atoms. The molecular formula is C15H22N2S. The summed E-state index contributed by atoms with van der Waals surface area (Å²) < 4.78 is 0. The third kappa shape index (κ3) is 2.56. The van der Waals surface area contributed by atoms with Gasteiger partial charge in [-0.25, -0.2) is 0 Å². The van der Waals surface area contributed by atoms with Gasteiger partial charge in [0.1, 0.15) is 0 Å². The molecule has 0 fully saturated rings. The zero-order chi connectivity index (χ0) is 13.2. The molecule has 0 unspecified atom stereocenters. The van der Waals surface area contributed by atoms with Gasteiger partial charge in [0.05, 0.1) is 5.54 Å². The lowest BCUT2D eigenvalue weighted by molar-refractivity contribution is 0.456. The van der Waals surface area contributed by atoms with Crippen molar-refractivity contribution in [3.05, 3.63) is 29.3 Å². The first-order valence-electron chi connectivity index (χ1n) is 6.66. The van der Waals surface area contributed by atoms with Crippen molar-refractivity contribution in [2.24, 2.45) is 4.99 Å². The van der Waals surface area contributed by atoms with E-state index >= 15 is 0 Å². The van der Waals surface area contributed by atoms with Gasteiger partial charge >= 0.3 is 0 Å². The number of amidine groups is 1. The highest BCUT2D eigenvalue weighted by molar-refractivity contribution is 8.14. The van der Waals surface area contributed by atoms with Crippen LogP contribution in [0.4, 0.5) is 5.69 Å². The minimum Gasteiger partial charge on any atom is -0.335 e. The summed E-state index contributed by atoms with van der Waals surface area (Å²) in [5.74, 6) is 1.10. The number of aliphatic imine (C=N–C) groups is 1. The number of anilines is 1. The maximum Gasteiger partial charge on any atom is 0.161 e. The van der Waals surface area contributed by atoms with Crippen LogP contribution < -0.4 is 5.32 Å². The molecule has 0 saturated heterocycles. The molecule has 0 bridgehead atoms. The number of nitrogens with one attached hydrogen (secondary N) is 1. The normalized spacial score (nSPS) is 17.7. The third-order valence-electron chi connectivity index (χ3n) is 3.85. The topological polar surface area (TPSA) is 24.4 Å². The van der Waals surface area contributed by atoms with Crippen LogP contribution in [-0.2, 0) is 0 Å². The molecule has 1 aromatic rings. The monoisotopic (exact) mass is 262 g/mol. The van der Waals surface area contributed by atoms with E-state index < -0.39 is 0 Å². The molecule has 0 spiro atoms. The number of rotatable bonds is 3. The quantitative estimate of drug-likeness (QED) is 0.874. The Bertz CT molecular complexity index is 441. The van der Waals surface area contributed by atoms with Crippen LogP contribution in [-0.4, -0.2) is 16.5 Å². The van der Waals surface area contributed by atoms with Crippen molar-refractivity contribution in [3.8, 4) is 0 Å². The largest absolute Gasteiger partial charge is 0.335 e. The van der Waals surface area contributed by atoms with E-state index in [1.807, 2.05) is 11.8 Å². The molecular weight excluding hydrogens is 240 g/mol. The van der Waals surface area contributed by atoms with Crippen LogP contribution in [0, 0.1) is 13.8 Å². The van der Waals surface area contributed by atoms with E-state index in [9.17, 15) is 0 Å². The Morgan fingerprint density at radius 2 is 1.83 bits per heavy atom. The first-order valence-corrected chi connectivity index (χ1v) is 7.64. The van der Waals surface area contributed by atoms with Gasteiger partial charge in [0.15, 0.2) is 5.17 Å². The van der Waals surface area contributed by atoms with Gasteiger partial charge in [-0.1, -0.05) is 43.8 Å². The predicted molar refractivity (Wildman–Crippen MR) is 82.7 cm³/mol. The average Bonchev–Trinajstić information content (AvgIpc) is 2.78. The summed E-state index contributed by atoms with van der Waals surface area (Å²) in [4.78, 5) is 4.90. The van der Waals surface area contributed by atoms with Gasteiger partial charge < -0.3 is 5.32 Å². The fourth-order valence-corrected chi connectivity index (χ4v) is 3.59. The maximum absolute atomic E-state index is 4.90. The Kier molecular flexibility index (Phi) is 4.00. The van der Waals surface area contributed by atoms with Gasteiger partial charge in [-0.15, -0.1) is 0 Å². The van der Waals surface area contributed by atoms with E-state index in [0.29, 0.717) is 0 Å². The summed E-state index contributed by atoms with van der Waals surface area (Å²) in [5, 5.41) is 4.59. The van der Waals surface area contributed by atoms with Crippen LogP contribution in [0.25, 0.3) is 0 Å². The Morgan fingerprint density at radius 1 is 1.22 bits per heavy atom. The van der Waals surface area contributed by atoms with Crippen LogP contribution in [0.5, 0.6) is 0 Å². The molecule has 1 aromatic carbocycles. The van der Waals surface area contributed by atoms with Crippen LogP contribution in [0.15, 0.2) is 23.2 Å². The first kappa shape index (κ1) is 13.5. The molecule has 98 valence electrons. The second kappa shape index (κ2) is 5.35. The first-order chi connectivity index (χ1) is 8.60. The summed E-state index contributed by atoms with van der Waals surface area (Å²) in [5.41, 5.74) is 3.93. The lowest BCUT2D eigenvalue weighted by Crippen LogP contribution is -2.24. The molecule has 0 aromatic heterocycles. The highest BCUT2D eigenvalue weighted by Crippen LogP contribution is 2.34. The highest BCUT2D eigenvalue weighted by atomic mass is 32.2. The van der Waals surface area contributed by atoms with Gasteiger partial charge in [0, 0.05) is 11.4 Å². The third-order valence-corrected chi connectivity index (χ3v) is 4.99. The van der Waals surface area contributed by atoms with E-state index in [1.54, 1.807) is 0 Å². The SMILES string of the molecule is CCC1(CC)CSC(Nc2c(C)cccc2C)=N1. The lowest BCUT2D eigenvalue weighted by Gasteiger charge is -2.20. The number of hydrogen-bond acceptors (Lipinski definition) is 3. The van der Waals surface area contributed by atoms with Crippen molar-refractivity contribution >= 4 is 22.6 Å². The van der Waals surface area contributed by atoms with Crippen molar-refractivity contribution in [1.82, 2.24) is 0 Å². The van der Waals surface area contributed by atoms with Gasteiger partial charge in [-0.3, -0.25) is 4.99 Å². The molecule has 1 N–H and O–H groups in total. The van der Waals surface area contributed by atoms with Gasteiger partial charge in [-0.05, 0) is 37.8 Å². The van der Waals surface area contributed by atoms with Crippen molar-refractivity contribution in [2.45, 2.75) is 46.1 Å². The number of thioether (sulfide) groups is 1. The van der Waals surface area contributed by atoms with E-state index in [2.05, 4.69) is 51.2 Å². The van der Waals surface area contributed by atoms with Gasteiger partial charge in [0.25, 0.3) is 0 Å². The lowest BCUT2D eigenvalue weighted by atomic mass is 9.97. The molecule has 1 aliphatic rings. The number of benzene rings is 1. The molecule has 3 heteroatoms. The summed E-state index contributed by atoms with van der Waals surface area (Å²) in [7, 11) is 0. The summed E-state index contributed by atoms with van der Waals surface area (Å²) >= 11 is 1.85. The maximum atomic E-state index is 4.90. The summed E-state index contributed by atoms with van der Waals surface area (Å²) in [6.07, 6.45) is 2.24. The second-order valence-electron chi connectivity index (χ2n) is 5.03. The molecule has 0 amide bonds. The van der Waals surface area contributed by atoms with Crippen LogP contribution in [0.1, 0.15) is 37.8 Å². The van der Waals surface area contributed by atoms with Crippen molar-refractivity contribution in [3.63, 3.8) is 0 Å². The number of para-hydroxylation sites is 1. The highest BCUT2D eigenvalue weighted by Gasteiger charge is 2.32. The zero-order valence-corrected chi connectivity index (χ0v) is 12.5. The fourth-order valence-electron chi connectivity index (χ4n) is 2.28. The molecule has 1 aliphatic heterocycles. The zero-order valence-electron chi connectivity index (χ0n) is 11.7. The molecule has 0 saturated carbocycles. The number of nitrogens with zero attached hydrogens (tertiary/aromatic N) is 1. The van der Waals surface area contributed by atoms with Gasteiger partial charge in [0.2, 0.25) is 0 Å². The molecule has 0 aliphatic carbocycles. The second-order valence-corrected chi connectivity index (χ2v) is 5.99.